The standard InChI is InChI=1S/C9H19NO/c1-4-8-6-9(11-5-2)7-10(8)3/h8-9H,4-7H2,1-3H3/t8-,9-/m1/s1. The first-order valence-electron chi connectivity index (χ1n) is 4.59. The molecule has 0 aromatic heterocycles. The van der Waals surface area contributed by atoms with Gasteiger partial charge in [-0.1, -0.05) is 6.92 Å². The normalized spacial score (nSPS) is 33.0. The fraction of sp³-hybridized carbons (Fsp3) is 1.00. The zero-order chi connectivity index (χ0) is 8.27. The molecule has 2 nitrogen and oxygen atoms in total. The fourth-order valence-electron chi connectivity index (χ4n) is 1.86. The van der Waals surface area contributed by atoms with E-state index in [0.29, 0.717) is 6.10 Å². The summed E-state index contributed by atoms with van der Waals surface area (Å²) in [5, 5.41) is 0. The molecule has 0 aliphatic carbocycles. The van der Waals surface area contributed by atoms with E-state index in [4.69, 9.17) is 4.74 Å². The highest BCUT2D eigenvalue weighted by Crippen LogP contribution is 2.20. The second-order valence-corrected chi connectivity index (χ2v) is 3.31. The van der Waals surface area contributed by atoms with E-state index < -0.39 is 0 Å². The number of hydrogen-bond donors (Lipinski definition) is 0. The molecule has 0 radical (unpaired) electrons. The van der Waals surface area contributed by atoms with Crippen LogP contribution in [-0.4, -0.2) is 37.2 Å². The van der Waals surface area contributed by atoms with E-state index in [1.807, 2.05) is 0 Å². The minimum Gasteiger partial charge on any atom is -0.377 e. The molecule has 66 valence electrons. The summed E-state index contributed by atoms with van der Waals surface area (Å²) in [4.78, 5) is 2.40. The first-order valence-corrected chi connectivity index (χ1v) is 4.59. The Morgan fingerprint density at radius 1 is 1.45 bits per heavy atom. The number of rotatable bonds is 3. The van der Waals surface area contributed by atoms with Crippen molar-refractivity contribution < 1.29 is 4.74 Å². The van der Waals surface area contributed by atoms with Crippen molar-refractivity contribution in [3.8, 4) is 0 Å². The van der Waals surface area contributed by atoms with Gasteiger partial charge in [0.2, 0.25) is 0 Å². The van der Waals surface area contributed by atoms with Crippen molar-refractivity contribution in [2.75, 3.05) is 20.2 Å². The van der Waals surface area contributed by atoms with E-state index in [1.165, 1.54) is 12.8 Å². The first kappa shape index (κ1) is 9.01. The molecule has 0 spiro atoms. The van der Waals surface area contributed by atoms with Gasteiger partial charge in [0.05, 0.1) is 6.10 Å². The Balaban J connectivity index is 2.30. The average molecular weight is 157 g/mol. The second-order valence-electron chi connectivity index (χ2n) is 3.31. The van der Waals surface area contributed by atoms with Gasteiger partial charge in [0.25, 0.3) is 0 Å². The average Bonchev–Trinajstić information content (AvgIpc) is 2.32. The molecule has 1 rings (SSSR count). The Bertz CT molecular complexity index is 116. The molecule has 0 aromatic rings. The zero-order valence-electron chi connectivity index (χ0n) is 7.84. The maximum absolute atomic E-state index is 5.56. The quantitative estimate of drug-likeness (QED) is 0.615. The predicted molar refractivity (Wildman–Crippen MR) is 46.7 cm³/mol. The van der Waals surface area contributed by atoms with Crippen molar-refractivity contribution in [1.29, 1.82) is 0 Å². The summed E-state index contributed by atoms with van der Waals surface area (Å²) in [7, 11) is 2.19. The third kappa shape index (κ3) is 2.17. The summed E-state index contributed by atoms with van der Waals surface area (Å²) < 4.78 is 5.56. The first-order chi connectivity index (χ1) is 5.27. The molecule has 0 N–H and O–H groups in total. The van der Waals surface area contributed by atoms with Crippen molar-refractivity contribution >= 4 is 0 Å². The Hall–Kier alpha value is -0.0800. The molecule has 0 amide bonds. The molecule has 1 heterocycles. The summed E-state index contributed by atoms with van der Waals surface area (Å²) >= 11 is 0. The lowest BCUT2D eigenvalue weighted by atomic mass is 10.1. The van der Waals surface area contributed by atoms with Crippen molar-refractivity contribution in [3.05, 3.63) is 0 Å². The molecule has 2 atom stereocenters. The van der Waals surface area contributed by atoms with Crippen LogP contribution in [0.4, 0.5) is 0 Å². The summed E-state index contributed by atoms with van der Waals surface area (Å²) in [5.41, 5.74) is 0. The minimum atomic E-state index is 0.495. The molecular weight excluding hydrogens is 138 g/mol. The number of hydrogen-bond acceptors (Lipinski definition) is 2. The van der Waals surface area contributed by atoms with Gasteiger partial charge in [-0.2, -0.15) is 0 Å². The monoisotopic (exact) mass is 157 g/mol. The van der Waals surface area contributed by atoms with Gasteiger partial charge in [0.15, 0.2) is 0 Å². The Morgan fingerprint density at radius 3 is 2.64 bits per heavy atom. The van der Waals surface area contributed by atoms with E-state index >= 15 is 0 Å². The molecule has 11 heavy (non-hydrogen) atoms. The van der Waals surface area contributed by atoms with E-state index in [1.54, 1.807) is 0 Å². The highest BCUT2D eigenvalue weighted by Gasteiger charge is 2.27. The molecule has 0 unspecified atom stereocenters. The van der Waals surface area contributed by atoms with Crippen LogP contribution in [0.15, 0.2) is 0 Å². The van der Waals surface area contributed by atoms with Crippen LogP contribution in [0.25, 0.3) is 0 Å². The summed E-state index contributed by atoms with van der Waals surface area (Å²) in [6.07, 6.45) is 2.97. The van der Waals surface area contributed by atoms with Crippen molar-refractivity contribution in [3.63, 3.8) is 0 Å². The Kier molecular flexibility index (Phi) is 3.34. The molecular formula is C9H19NO. The molecule has 2 heteroatoms. The topological polar surface area (TPSA) is 12.5 Å². The van der Waals surface area contributed by atoms with E-state index in [2.05, 4.69) is 25.8 Å². The predicted octanol–water partition coefficient (Wildman–Crippen LogP) is 1.51. The molecule has 1 aliphatic heterocycles. The second kappa shape index (κ2) is 4.07. The molecule has 1 saturated heterocycles. The lowest BCUT2D eigenvalue weighted by molar-refractivity contribution is 0.0707. The van der Waals surface area contributed by atoms with Crippen molar-refractivity contribution in [2.45, 2.75) is 38.8 Å². The van der Waals surface area contributed by atoms with Gasteiger partial charge in [-0.15, -0.1) is 0 Å². The Morgan fingerprint density at radius 2 is 2.18 bits per heavy atom. The molecule has 0 saturated carbocycles. The van der Waals surface area contributed by atoms with Crippen LogP contribution in [0.5, 0.6) is 0 Å². The number of likely N-dealkylation sites (N-methyl/N-ethyl adjacent to an activating group) is 1. The van der Waals surface area contributed by atoms with Crippen LogP contribution in [0, 0.1) is 0 Å². The van der Waals surface area contributed by atoms with E-state index in [0.717, 1.165) is 19.2 Å². The lowest BCUT2D eigenvalue weighted by Crippen LogP contribution is -2.24. The SMILES string of the molecule is CCO[C@@H]1C[C@@H](CC)N(C)C1. The highest BCUT2D eigenvalue weighted by atomic mass is 16.5. The van der Waals surface area contributed by atoms with Crippen LogP contribution in [0.2, 0.25) is 0 Å². The van der Waals surface area contributed by atoms with Gasteiger partial charge >= 0.3 is 0 Å². The lowest BCUT2D eigenvalue weighted by Gasteiger charge is -2.15. The summed E-state index contributed by atoms with van der Waals surface area (Å²) in [6.45, 7) is 6.29. The summed E-state index contributed by atoms with van der Waals surface area (Å²) in [6, 6.07) is 0.756. The van der Waals surface area contributed by atoms with Gasteiger partial charge in [-0.05, 0) is 26.8 Å². The molecule has 1 aliphatic rings. The smallest absolute Gasteiger partial charge is 0.0716 e. The summed E-state index contributed by atoms with van der Waals surface area (Å²) in [5.74, 6) is 0. The van der Waals surface area contributed by atoms with Gasteiger partial charge < -0.3 is 9.64 Å². The number of nitrogens with zero attached hydrogens (tertiary/aromatic N) is 1. The maximum atomic E-state index is 5.56. The van der Waals surface area contributed by atoms with Gasteiger partial charge in [0, 0.05) is 19.2 Å². The molecule has 1 fully saturated rings. The maximum Gasteiger partial charge on any atom is 0.0716 e. The van der Waals surface area contributed by atoms with Gasteiger partial charge in [0.1, 0.15) is 0 Å². The highest BCUT2D eigenvalue weighted by molar-refractivity contribution is 4.82. The van der Waals surface area contributed by atoms with Crippen LogP contribution >= 0.6 is 0 Å². The zero-order valence-corrected chi connectivity index (χ0v) is 7.84. The molecule has 0 bridgehead atoms. The third-order valence-electron chi connectivity index (χ3n) is 2.52. The van der Waals surface area contributed by atoms with Crippen LogP contribution < -0.4 is 0 Å². The number of likely N-dealkylation sites (tertiary alicyclic amines) is 1. The van der Waals surface area contributed by atoms with Crippen molar-refractivity contribution in [2.24, 2.45) is 0 Å². The van der Waals surface area contributed by atoms with E-state index in [-0.39, 0.29) is 0 Å². The Labute approximate surface area is 69.5 Å². The van der Waals surface area contributed by atoms with Crippen LogP contribution in [-0.2, 0) is 4.74 Å². The van der Waals surface area contributed by atoms with Gasteiger partial charge in [-0.25, -0.2) is 0 Å². The van der Waals surface area contributed by atoms with Crippen LogP contribution in [0.3, 0.4) is 0 Å². The van der Waals surface area contributed by atoms with E-state index in [9.17, 15) is 0 Å². The van der Waals surface area contributed by atoms with Crippen molar-refractivity contribution in [1.82, 2.24) is 4.90 Å². The number of ether oxygens (including phenoxy) is 1. The fourth-order valence-corrected chi connectivity index (χ4v) is 1.86. The molecule has 0 aromatic carbocycles. The van der Waals surface area contributed by atoms with Gasteiger partial charge in [-0.3, -0.25) is 0 Å². The van der Waals surface area contributed by atoms with Crippen LogP contribution in [0.1, 0.15) is 26.7 Å². The minimum absolute atomic E-state index is 0.495. The largest absolute Gasteiger partial charge is 0.377 e. The third-order valence-corrected chi connectivity index (χ3v) is 2.52.